The highest BCUT2D eigenvalue weighted by atomic mass is 16.2. The van der Waals surface area contributed by atoms with Gasteiger partial charge in [-0.3, -0.25) is 9.78 Å². The van der Waals surface area contributed by atoms with Crippen LogP contribution in [-0.2, 0) is 4.79 Å². The van der Waals surface area contributed by atoms with Crippen molar-refractivity contribution in [1.82, 2.24) is 21.3 Å². The Morgan fingerprint density at radius 3 is 2.70 bits per heavy atom. The lowest BCUT2D eigenvalue weighted by molar-refractivity contribution is -0.122. The number of hydrazine groups is 1. The molecule has 0 spiro atoms. The lowest BCUT2D eigenvalue weighted by atomic mass is 9.96. The molecule has 6 heteroatoms. The van der Waals surface area contributed by atoms with Gasteiger partial charge in [0.05, 0.1) is 5.71 Å². The molecule has 1 fully saturated rings. The van der Waals surface area contributed by atoms with Crippen molar-refractivity contribution in [1.29, 1.82) is 0 Å². The molecular formula is C21H21N5O. The van der Waals surface area contributed by atoms with Crippen LogP contribution in [0.25, 0.3) is 10.8 Å². The second-order valence-corrected chi connectivity index (χ2v) is 6.61. The predicted octanol–water partition coefficient (Wildman–Crippen LogP) is 2.68. The summed E-state index contributed by atoms with van der Waals surface area (Å²) >= 11 is 0. The van der Waals surface area contributed by atoms with Crippen LogP contribution in [0.5, 0.6) is 0 Å². The van der Waals surface area contributed by atoms with E-state index in [1.54, 1.807) is 12.4 Å². The standard InChI is InChI=1S/C21H21N5O/c1-14(15-9-11-22-12-10-15)23-26-21(27)20-13-19(24-25-20)18-8-4-6-16-5-2-3-7-17(16)18/h2-12,19-20,24-25H,13H2,1H3,(H,26,27)/b23-14+. The Kier molecular flexibility index (Phi) is 4.91. The fourth-order valence-electron chi connectivity index (χ4n) is 3.36. The van der Waals surface area contributed by atoms with E-state index in [9.17, 15) is 4.79 Å². The Labute approximate surface area is 157 Å². The first-order valence-electron chi connectivity index (χ1n) is 8.95. The van der Waals surface area contributed by atoms with Gasteiger partial charge in [0.15, 0.2) is 0 Å². The first kappa shape index (κ1) is 17.3. The first-order valence-corrected chi connectivity index (χ1v) is 8.95. The van der Waals surface area contributed by atoms with E-state index in [-0.39, 0.29) is 18.0 Å². The predicted molar refractivity (Wildman–Crippen MR) is 106 cm³/mol. The lowest BCUT2D eigenvalue weighted by Crippen LogP contribution is -2.41. The first-order chi connectivity index (χ1) is 13.2. The number of hydrazone groups is 1. The number of nitrogens with zero attached hydrogens (tertiary/aromatic N) is 2. The van der Waals surface area contributed by atoms with Crippen LogP contribution in [0.1, 0.15) is 30.5 Å². The maximum Gasteiger partial charge on any atom is 0.258 e. The Morgan fingerprint density at radius 2 is 1.85 bits per heavy atom. The highest BCUT2D eigenvalue weighted by molar-refractivity contribution is 5.99. The summed E-state index contributed by atoms with van der Waals surface area (Å²) in [6, 6.07) is 18.0. The van der Waals surface area contributed by atoms with Crippen molar-refractivity contribution in [2.24, 2.45) is 5.10 Å². The largest absolute Gasteiger partial charge is 0.271 e. The number of aromatic nitrogens is 1. The number of hydrogen-bond donors (Lipinski definition) is 3. The minimum Gasteiger partial charge on any atom is -0.271 e. The van der Waals surface area contributed by atoms with Gasteiger partial charge in [-0.15, -0.1) is 0 Å². The average Bonchev–Trinajstić information content (AvgIpc) is 3.22. The molecule has 3 aromatic rings. The van der Waals surface area contributed by atoms with Crippen LogP contribution in [-0.4, -0.2) is 22.6 Å². The van der Waals surface area contributed by atoms with Crippen molar-refractivity contribution >= 4 is 22.4 Å². The van der Waals surface area contributed by atoms with Crippen molar-refractivity contribution in [3.8, 4) is 0 Å². The van der Waals surface area contributed by atoms with Crippen LogP contribution in [0.2, 0.25) is 0 Å². The topological polar surface area (TPSA) is 78.4 Å². The number of pyridine rings is 1. The maximum absolute atomic E-state index is 12.5. The van der Waals surface area contributed by atoms with Gasteiger partial charge in [0.25, 0.3) is 5.91 Å². The zero-order valence-electron chi connectivity index (χ0n) is 15.0. The summed E-state index contributed by atoms with van der Waals surface area (Å²) in [6.45, 7) is 1.86. The Hall–Kier alpha value is -3.09. The highest BCUT2D eigenvalue weighted by Crippen LogP contribution is 2.29. The summed E-state index contributed by atoms with van der Waals surface area (Å²) in [6.07, 6.45) is 4.06. The molecule has 2 unspecified atom stereocenters. The summed E-state index contributed by atoms with van der Waals surface area (Å²) in [5, 5.41) is 6.61. The molecule has 6 nitrogen and oxygen atoms in total. The molecule has 27 heavy (non-hydrogen) atoms. The van der Waals surface area contributed by atoms with Gasteiger partial charge in [0, 0.05) is 24.0 Å². The van der Waals surface area contributed by atoms with Gasteiger partial charge in [-0.25, -0.2) is 16.3 Å². The van der Waals surface area contributed by atoms with E-state index in [1.807, 2.05) is 31.2 Å². The molecule has 2 heterocycles. The molecule has 0 bridgehead atoms. The molecule has 3 N–H and O–H groups in total. The number of fused-ring (bicyclic) bond motifs is 1. The summed E-state index contributed by atoms with van der Waals surface area (Å²) in [7, 11) is 0. The molecule has 1 aliphatic rings. The fraction of sp³-hybridized carbons (Fsp3) is 0.190. The van der Waals surface area contributed by atoms with Crippen LogP contribution in [0.15, 0.2) is 72.1 Å². The number of hydrogen-bond acceptors (Lipinski definition) is 5. The van der Waals surface area contributed by atoms with E-state index in [4.69, 9.17) is 0 Å². The van der Waals surface area contributed by atoms with Gasteiger partial charge in [0.2, 0.25) is 0 Å². The van der Waals surface area contributed by atoms with Gasteiger partial charge in [0.1, 0.15) is 6.04 Å². The molecular weight excluding hydrogens is 338 g/mol. The molecule has 0 radical (unpaired) electrons. The Balaban J connectivity index is 1.44. The molecule has 1 amide bonds. The number of carbonyl (C=O) groups excluding carboxylic acids is 1. The second kappa shape index (κ2) is 7.65. The van der Waals surface area contributed by atoms with Crippen molar-refractivity contribution < 1.29 is 4.79 Å². The summed E-state index contributed by atoms with van der Waals surface area (Å²) in [4.78, 5) is 16.5. The molecule has 136 valence electrons. The maximum atomic E-state index is 12.5. The molecule has 0 aliphatic carbocycles. The van der Waals surface area contributed by atoms with Gasteiger partial charge in [-0.05, 0) is 41.8 Å². The minimum absolute atomic E-state index is 0.0668. The molecule has 1 saturated heterocycles. The highest BCUT2D eigenvalue weighted by Gasteiger charge is 2.30. The molecule has 0 saturated carbocycles. The summed E-state index contributed by atoms with van der Waals surface area (Å²) in [5.74, 6) is -0.154. The lowest BCUT2D eigenvalue weighted by Gasteiger charge is -2.13. The van der Waals surface area contributed by atoms with E-state index in [0.29, 0.717) is 6.42 Å². The van der Waals surface area contributed by atoms with Gasteiger partial charge < -0.3 is 0 Å². The number of nitrogens with one attached hydrogen (secondary N) is 3. The van der Waals surface area contributed by atoms with Gasteiger partial charge in [-0.1, -0.05) is 42.5 Å². The smallest absolute Gasteiger partial charge is 0.258 e. The van der Waals surface area contributed by atoms with Crippen LogP contribution in [0, 0.1) is 0 Å². The number of carbonyl (C=O) groups is 1. The molecule has 4 rings (SSSR count). The average molecular weight is 359 g/mol. The summed E-state index contributed by atoms with van der Waals surface area (Å²) < 4.78 is 0. The van der Waals surface area contributed by atoms with Crippen molar-refractivity contribution in [2.45, 2.75) is 25.4 Å². The molecule has 1 aromatic heterocycles. The molecule has 1 aliphatic heterocycles. The van der Waals surface area contributed by atoms with Crippen LogP contribution >= 0.6 is 0 Å². The van der Waals surface area contributed by atoms with Gasteiger partial charge >= 0.3 is 0 Å². The van der Waals surface area contributed by atoms with Crippen molar-refractivity contribution in [3.05, 3.63) is 78.1 Å². The van der Waals surface area contributed by atoms with E-state index < -0.39 is 0 Å². The molecule has 2 atom stereocenters. The van der Waals surface area contributed by atoms with E-state index in [0.717, 1.165) is 11.3 Å². The van der Waals surface area contributed by atoms with Crippen molar-refractivity contribution in [2.75, 3.05) is 0 Å². The quantitative estimate of drug-likeness (QED) is 0.494. The fourth-order valence-corrected chi connectivity index (χ4v) is 3.36. The van der Waals surface area contributed by atoms with E-state index in [2.05, 4.69) is 56.7 Å². The number of amides is 1. The van der Waals surface area contributed by atoms with Gasteiger partial charge in [-0.2, -0.15) is 5.10 Å². The third-order valence-corrected chi connectivity index (χ3v) is 4.85. The minimum atomic E-state index is -0.344. The monoisotopic (exact) mass is 359 g/mol. The third-order valence-electron chi connectivity index (χ3n) is 4.85. The van der Waals surface area contributed by atoms with Crippen LogP contribution in [0.3, 0.4) is 0 Å². The SMILES string of the molecule is C/C(=N\NC(=O)C1CC(c2cccc3ccccc23)NN1)c1ccncc1. The zero-order valence-corrected chi connectivity index (χ0v) is 15.0. The molecule has 2 aromatic carbocycles. The third kappa shape index (κ3) is 3.72. The van der Waals surface area contributed by atoms with E-state index >= 15 is 0 Å². The Bertz CT molecular complexity index is 981. The van der Waals surface area contributed by atoms with Crippen LogP contribution < -0.4 is 16.3 Å². The second-order valence-electron chi connectivity index (χ2n) is 6.61. The Morgan fingerprint density at radius 1 is 1.07 bits per heavy atom. The van der Waals surface area contributed by atoms with Crippen LogP contribution in [0.4, 0.5) is 0 Å². The zero-order chi connectivity index (χ0) is 18.6. The normalized spacial score (nSPS) is 20.0. The summed E-state index contributed by atoms with van der Waals surface area (Å²) in [5.41, 5.74) is 11.9. The number of benzene rings is 2. The number of rotatable bonds is 4. The van der Waals surface area contributed by atoms with E-state index in [1.165, 1.54) is 16.3 Å². The van der Waals surface area contributed by atoms with Crippen molar-refractivity contribution in [3.63, 3.8) is 0 Å².